The highest BCUT2D eigenvalue weighted by Gasteiger charge is 2.18. The lowest BCUT2D eigenvalue weighted by Crippen LogP contribution is -2.30. The smallest absolute Gasteiger partial charge is 0.316 e. The number of carbonyl (C=O) groups is 3. The van der Waals surface area contributed by atoms with E-state index in [-0.39, 0.29) is 28.7 Å². The first-order valence-corrected chi connectivity index (χ1v) is 11.9. The van der Waals surface area contributed by atoms with E-state index in [1.165, 1.54) is 36.0 Å². The molecule has 0 bridgehead atoms. The van der Waals surface area contributed by atoms with E-state index in [1.807, 2.05) is 0 Å². The number of esters is 1. The number of hydrogen-bond acceptors (Lipinski definition) is 7. The summed E-state index contributed by atoms with van der Waals surface area (Å²) in [6.45, 7) is 2.02. The van der Waals surface area contributed by atoms with Crippen molar-refractivity contribution in [3.63, 3.8) is 0 Å². The first kappa shape index (κ1) is 26.2. The fraction of sp³-hybridized carbons (Fsp3) is 0.115. The van der Waals surface area contributed by atoms with Gasteiger partial charge in [-0.2, -0.15) is 0 Å². The van der Waals surface area contributed by atoms with Gasteiger partial charge < -0.3 is 15.4 Å². The van der Waals surface area contributed by atoms with Crippen LogP contribution in [0, 0.1) is 10.1 Å². The van der Waals surface area contributed by atoms with Crippen molar-refractivity contribution in [3.05, 3.63) is 106 Å². The molecular weight excluding hydrogens is 482 g/mol. The van der Waals surface area contributed by atoms with Crippen LogP contribution in [0.2, 0.25) is 0 Å². The summed E-state index contributed by atoms with van der Waals surface area (Å²) in [6, 6.07) is 21.0. The van der Waals surface area contributed by atoms with Gasteiger partial charge in [0.25, 0.3) is 17.5 Å². The number of ether oxygens (including phenoxy) is 1. The molecule has 184 valence electrons. The topological polar surface area (TPSA) is 128 Å². The predicted octanol–water partition coefficient (Wildman–Crippen LogP) is 4.66. The molecule has 10 heteroatoms. The summed E-state index contributed by atoms with van der Waals surface area (Å²) in [7, 11) is 0. The highest BCUT2D eigenvalue weighted by Crippen LogP contribution is 2.23. The molecule has 0 spiro atoms. The maximum absolute atomic E-state index is 13.2. The summed E-state index contributed by atoms with van der Waals surface area (Å²) in [4.78, 5) is 49.2. The first-order valence-electron chi connectivity index (χ1n) is 10.9. The van der Waals surface area contributed by atoms with Crippen molar-refractivity contribution in [1.29, 1.82) is 0 Å². The van der Waals surface area contributed by atoms with Crippen LogP contribution in [0.1, 0.15) is 22.8 Å². The SMILES string of the molecule is CCOC(=O)CSc1cccc(NC(=O)/C(=C\c2ccccc2[N+](=O)[O-])NC(=O)c2ccccc2)c1. The standard InChI is InChI=1S/C26H23N3O6S/c1-2-35-24(30)17-36-21-13-8-12-20(16-21)27-26(32)22(28-25(31)18-9-4-3-5-10-18)15-19-11-6-7-14-23(19)29(33)34/h3-16H,2,17H2,1H3,(H,27,32)(H,28,31)/b22-15+. The third-order valence-electron chi connectivity index (χ3n) is 4.72. The molecule has 9 nitrogen and oxygen atoms in total. The molecule has 0 saturated heterocycles. The number of anilines is 1. The number of nitrogens with one attached hydrogen (secondary N) is 2. The summed E-state index contributed by atoms with van der Waals surface area (Å²) < 4.78 is 4.92. The summed E-state index contributed by atoms with van der Waals surface area (Å²) in [6.07, 6.45) is 1.26. The Bertz CT molecular complexity index is 1290. The number of nitro benzene ring substituents is 1. The fourth-order valence-electron chi connectivity index (χ4n) is 3.08. The third-order valence-corrected chi connectivity index (χ3v) is 5.68. The average Bonchev–Trinajstić information content (AvgIpc) is 2.88. The fourth-order valence-corrected chi connectivity index (χ4v) is 3.83. The molecule has 0 fully saturated rings. The number of nitrogens with zero attached hydrogens (tertiary/aromatic N) is 1. The quantitative estimate of drug-likeness (QED) is 0.135. The van der Waals surface area contributed by atoms with Gasteiger partial charge in [0, 0.05) is 22.2 Å². The number of thioether (sulfide) groups is 1. The highest BCUT2D eigenvalue weighted by atomic mass is 32.2. The lowest BCUT2D eigenvalue weighted by atomic mass is 10.1. The van der Waals surface area contributed by atoms with Gasteiger partial charge in [-0.3, -0.25) is 24.5 Å². The van der Waals surface area contributed by atoms with Crippen molar-refractivity contribution in [2.24, 2.45) is 0 Å². The summed E-state index contributed by atoms with van der Waals surface area (Å²) in [5.74, 6) is -1.46. The largest absolute Gasteiger partial charge is 0.465 e. The molecule has 36 heavy (non-hydrogen) atoms. The van der Waals surface area contributed by atoms with Gasteiger partial charge in [-0.1, -0.05) is 36.4 Å². The molecule has 2 amide bonds. The van der Waals surface area contributed by atoms with Crippen LogP contribution in [0.3, 0.4) is 0 Å². The molecule has 0 heterocycles. The number of carbonyl (C=O) groups excluding carboxylic acids is 3. The molecule has 0 radical (unpaired) electrons. The molecule has 3 aromatic carbocycles. The Kier molecular flexibility index (Phi) is 9.35. The van der Waals surface area contributed by atoms with E-state index in [4.69, 9.17) is 4.74 Å². The van der Waals surface area contributed by atoms with Crippen LogP contribution in [0.5, 0.6) is 0 Å². The Balaban J connectivity index is 1.86. The second-order valence-corrected chi connectivity index (χ2v) is 8.32. The van der Waals surface area contributed by atoms with Crippen LogP contribution in [-0.4, -0.2) is 35.1 Å². The zero-order chi connectivity index (χ0) is 25.9. The number of rotatable bonds is 10. The summed E-state index contributed by atoms with van der Waals surface area (Å²) in [5.41, 5.74) is 0.490. The van der Waals surface area contributed by atoms with Crippen LogP contribution in [-0.2, 0) is 14.3 Å². The van der Waals surface area contributed by atoms with Crippen LogP contribution >= 0.6 is 11.8 Å². The number of amides is 2. The normalized spacial score (nSPS) is 10.9. The van der Waals surface area contributed by atoms with Crippen LogP contribution in [0.4, 0.5) is 11.4 Å². The molecule has 0 aliphatic rings. The van der Waals surface area contributed by atoms with Gasteiger partial charge in [-0.15, -0.1) is 11.8 Å². The molecule has 2 N–H and O–H groups in total. The molecule has 0 atom stereocenters. The van der Waals surface area contributed by atoms with Gasteiger partial charge in [0.15, 0.2) is 0 Å². The lowest BCUT2D eigenvalue weighted by Gasteiger charge is -2.12. The second-order valence-electron chi connectivity index (χ2n) is 7.27. The monoisotopic (exact) mass is 505 g/mol. The van der Waals surface area contributed by atoms with Gasteiger partial charge >= 0.3 is 5.97 Å². The van der Waals surface area contributed by atoms with Crippen molar-refractivity contribution in [2.45, 2.75) is 11.8 Å². The molecule has 0 aliphatic heterocycles. The van der Waals surface area contributed by atoms with E-state index in [0.29, 0.717) is 17.9 Å². The second kappa shape index (κ2) is 12.9. The Morgan fingerprint density at radius 3 is 2.44 bits per heavy atom. The number of hydrogen-bond donors (Lipinski definition) is 2. The number of nitro groups is 1. The zero-order valence-electron chi connectivity index (χ0n) is 19.3. The Morgan fingerprint density at radius 1 is 1.00 bits per heavy atom. The van der Waals surface area contributed by atoms with Crippen LogP contribution < -0.4 is 10.6 Å². The van der Waals surface area contributed by atoms with Crippen LogP contribution in [0.15, 0.2) is 89.5 Å². The molecular formula is C26H23N3O6S. The lowest BCUT2D eigenvalue weighted by molar-refractivity contribution is -0.385. The Labute approximate surface area is 211 Å². The minimum atomic E-state index is -0.676. The predicted molar refractivity (Wildman–Crippen MR) is 137 cm³/mol. The van der Waals surface area contributed by atoms with Gasteiger partial charge in [0.05, 0.1) is 22.8 Å². The van der Waals surface area contributed by atoms with E-state index >= 15 is 0 Å². The van der Waals surface area contributed by atoms with Gasteiger partial charge in [-0.05, 0) is 49.4 Å². The van der Waals surface area contributed by atoms with Gasteiger partial charge in [0.1, 0.15) is 5.70 Å². The highest BCUT2D eigenvalue weighted by molar-refractivity contribution is 8.00. The molecule has 0 unspecified atom stereocenters. The van der Waals surface area contributed by atoms with Crippen molar-refractivity contribution in [1.82, 2.24) is 5.32 Å². The Morgan fingerprint density at radius 2 is 1.72 bits per heavy atom. The van der Waals surface area contributed by atoms with Crippen LogP contribution in [0.25, 0.3) is 6.08 Å². The summed E-state index contributed by atoms with van der Waals surface area (Å²) >= 11 is 1.25. The average molecular weight is 506 g/mol. The molecule has 0 aliphatic carbocycles. The van der Waals surface area contributed by atoms with Gasteiger partial charge in [0.2, 0.25) is 0 Å². The Hall–Kier alpha value is -4.44. The van der Waals surface area contributed by atoms with Crippen molar-refractivity contribution >= 4 is 47.0 Å². The first-order chi connectivity index (χ1) is 17.4. The molecule has 0 aromatic heterocycles. The van der Waals surface area contributed by atoms with Crippen molar-refractivity contribution in [2.75, 3.05) is 17.7 Å². The molecule has 3 rings (SSSR count). The minimum absolute atomic E-state index is 0.112. The van der Waals surface area contributed by atoms with E-state index in [0.717, 1.165) is 4.90 Å². The maximum atomic E-state index is 13.2. The van der Waals surface area contributed by atoms with Crippen molar-refractivity contribution < 1.29 is 24.0 Å². The van der Waals surface area contributed by atoms with E-state index in [1.54, 1.807) is 67.6 Å². The molecule has 3 aromatic rings. The minimum Gasteiger partial charge on any atom is -0.465 e. The third kappa shape index (κ3) is 7.54. The molecule has 0 saturated carbocycles. The van der Waals surface area contributed by atoms with E-state index in [2.05, 4.69) is 10.6 Å². The maximum Gasteiger partial charge on any atom is 0.316 e. The summed E-state index contributed by atoms with van der Waals surface area (Å²) in [5, 5.41) is 16.7. The number of benzene rings is 3. The van der Waals surface area contributed by atoms with E-state index < -0.39 is 16.7 Å². The zero-order valence-corrected chi connectivity index (χ0v) is 20.1. The van der Waals surface area contributed by atoms with Gasteiger partial charge in [-0.25, -0.2) is 0 Å². The van der Waals surface area contributed by atoms with E-state index in [9.17, 15) is 24.5 Å². The van der Waals surface area contributed by atoms with Crippen molar-refractivity contribution in [3.8, 4) is 0 Å². The number of para-hydroxylation sites is 1.